The van der Waals surface area contributed by atoms with E-state index in [1.165, 1.54) is 18.3 Å². The van der Waals surface area contributed by atoms with Crippen LogP contribution >= 0.6 is 11.3 Å². The van der Waals surface area contributed by atoms with Crippen LogP contribution in [0.15, 0.2) is 5.38 Å². The molecule has 1 heterocycles. The number of ether oxygens (including phenoxy) is 2. The van der Waals surface area contributed by atoms with Gasteiger partial charge in [0.05, 0.1) is 18.7 Å². The standard InChI is InChI=1S/C11H14N2O5S/c1-3-17-10(16)4-8-6-19-11(12-8)13-9(15)5-18-7(2)14/h6H,3-5H2,1-2H3,(H,12,13,15). The number of hydrogen-bond acceptors (Lipinski definition) is 7. The van der Waals surface area contributed by atoms with Crippen LogP contribution in [0.3, 0.4) is 0 Å². The van der Waals surface area contributed by atoms with Gasteiger partial charge in [-0.2, -0.15) is 0 Å². The van der Waals surface area contributed by atoms with Crippen LogP contribution in [0.4, 0.5) is 5.13 Å². The van der Waals surface area contributed by atoms with Gasteiger partial charge in [0.15, 0.2) is 11.7 Å². The Morgan fingerprint density at radius 1 is 1.37 bits per heavy atom. The summed E-state index contributed by atoms with van der Waals surface area (Å²) in [5.41, 5.74) is 0.520. The third kappa shape index (κ3) is 5.96. The molecule has 0 spiro atoms. The zero-order chi connectivity index (χ0) is 14.3. The number of rotatable bonds is 6. The Morgan fingerprint density at radius 3 is 2.74 bits per heavy atom. The van der Waals surface area contributed by atoms with Gasteiger partial charge >= 0.3 is 11.9 Å². The molecule has 0 fully saturated rings. The van der Waals surface area contributed by atoms with Crippen molar-refractivity contribution < 1.29 is 23.9 Å². The Morgan fingerprint density at radius 2 is 2.11 bits per heavy atom. The Balaban J connectivity index is 2.44. The number of carbonyl (C=O) groups excluding carboxylic acids is 3. The Hall–Kier alpha value is -1.96. The number of amides is 1. The molecule has 0 aliphatic heterocycles. The highest BCUT2D eigenvalue weighted by Gasteiger charge is 2.11. The number of esters is 2. The first-order chi connectivity index (χ1) is 9.01. The second-order valence-corrected chi connectivity index (χ2v) is 4.31. The number of thiazole rings is 1. The monoisotopic (exact) mass is 286 g/mol. The van der Waals surface area contributed by atoms with Gasteiger partial charge in [-0.05, 0) is 6.92 Å². The van der Waals surface area contributed by atoms with Crippen molar-refractivity contribution in [1.82, 2.24) is 4.98 Å². The average Bonchev–Trinajstić information content (AvgIpc) is 2.74. The van der Waals surface area contributed by atoms with E-state index in [0.29, 0.717) is 17.4 Å². The third-order valence-corrected chi connectivity index (χ3v) is 2.64. The molecule has 1 N–H and O–H groups in total. The number of hydrogen-bond donors (Lipinski definition) is 1. The van der Waals surface area contributed by atoms with Crippen LogP contribution in [0.2, 0.25) is 0 Å². The van der Waals surface area contributed by atoms with Crippen molar-refractivity contribution in [3.8, 4) is 0 Å². The van der Waals surface area contributed by atoms with Crippen molar-refractivity contribution in [2.24, 2.45) is 0 Å². The summed E-state index contributed by atoms with van der Waals surface area (Å²) in [6, 6.07) is 0. The molecule has 19 heavy (non-hydrogen) atoms. The Kier molecular flexibility index (Phi) is 5.94. The molecule has 1 rings (SSSR count). The fourth-order valence-corrected chi connectivity index (χ4v) is 1.85. The highest BCUT2D eigenvalue weighted by molar-refractivity contribution is 7.13. The van der Waals surface area contributed by atoms with Crippen LogP contribution in [0.5, 0.6) is 0 Å². The summed E-state index contributed by atoms with van der Waals surface area (Å²) in [6.45, 7) is 2.89. The molecule has 7 nitrogen and oxygen atoms in total. The van der Waals surface area contributed by atoms with Crippen LogP contribution < -0.4 is 5.32 Å². The molecule has 0 aliphatic rings. The molecule has 0 saturated carbocycles. The normalized spacial score (nSPS) is 9.79. The number of carbonyl (C=O) groups is 3. The van der Waals surface area contributed by atoms with Crippen LogP contribution in [0.1, 0.15) is 19.5 Å². The number of anilines is 1. The molecule has 0 unspecified atom stereocenters. The first-order valence-electron chi connectivity index (χ1n) is 5.54. The lowest BCUT2D eigenvalue weighted by Crippen LogP contribution is -2.19. The van der Waals surface area contributed by atoms with Crippen LogP contribution in [0, 0.1) is 0 Å². The van der Waals surface area contributed by atoms with Crippen molar-refractivity contribution in [3.63, 3.8) is 0 Å². The summed E-state index contributed by atoms with van der Waals surface area (Å²) in [4.78, 5) is 37.1. The van der Waals surface area contributed by atoms with E-state index in [4.69, 9.17) is 4.74 Å². The lowest BCUT2D eigenvalue weighted by molar-refractivity contribution is -0.145. The van der Waals surface area contributed by atoms with E-state index in [1.54, 1.807) is 12.3 Å². The van der Waals surface area contributed by atoms with Crippen LogP contribution in [0.25, 0.3) is 0 Å². The van der Waals surface area contributed by atoms with E-state index in [9.17, 15) is 14.4 Å². The first-order valence-corrected chi connectivity index (χ1v) is 6.42. The van der Waals surface area contributed by atoms with Crippen molar-refractivity contribution in [1.29, 1.82) is 0 Å². The molecule has 0 aromatic carbocycles. The molecule has 1 aromatic heterocycles. The molecule has 1 aromatic rings. The number of nitrogens with one attached hydrogen (secondary N) is 1. The van der Waals surface area contributed by atoms with E-state index in [0.717, 1.165) is 0 Å². The second-order valence-electron chi connectivity index (χ2n) is 3.45. The van der Waals surface area contributed by atoms with Gasteiger partial charge in [-0.3, -0.25) is 19.7 Å². The van der Waals surface area contributed by atoms with Gasteiger partial charge in [0.25, 0.3) is 5.91 Å². The molecule has 0 saturated heterocycles. The predicted octanol–water partition coefficient (Wildman–Crippen LogP) is 0.750. The topological polar surface area (TPSA) is 94.6 Å². The van der Waals surface area contributed by atoms with Crippen LogP contribution in [-0.2, 0) is 30.3 Å². The Labute approximate surface area is 113 Å². The minimum Gasteiger partial charge on any atom is -0.466 e. The first kappa shape index (κ1) is 15.1. The fourth-order valence-electron chi connectivity index (χ4n) is 1.13. The molecule has 0 radical (unpaired) electrons. The smallest absolute Gasteiger partial charge is 0.311 e. The van der Waals surface area contributed by atoms with E-state index in [-0.39, 0.29) is 19.0 Å². The van der Waals surface area contributed by atoms with Gasteiger partial charge in [-0.15, -0.1) is 11.3 Å². The highest BCUT2D eigenvalue weighted by Crippen LogP contribution is 2.15. The summed E-state index contributed by atoms with van der Waals surface area (Å²) in [5, 5.41) is 4.46. The zero-order valence-corrected chi connectivity index (χ0v) is 11.4. The van der Waals surface area contributed by atoms with Crippen molar-refractivity contribution in [2.75, 3.05) is 18.5 Å². The van der Waals surface area contributed by atoms with Crippen LogP contribution in [-0.4, -0.2) is 36.0 Å². The average molecular weight is 286 g/mol. The molecule has 0 aliphatic carbocycles. The van der Waals surface area contributed by atoms with Gasteiger partial charge in [0.1, 0.15) is 0 Å². The van der Waals surface area contributed by atoms with Crippen molar-refractivity contribution in [2.45, 2.75) is 20.3 Å². The van der Waals surface area contributed by atoms with Crippen molar-refractivity contribution >= 4 is 34.3 Å². The molecule has 104 valence electrons. The lowest BCUT2D eigenvalue weighted by atomic mass is 10.3. The predicted molar refractivity (Wildman–Crippen MR) is 67.7 cm³/mol. The SMILES string of the molecule is CCOC(=O)Cc1csc(NC(=O)COC(C)=O)n1. The maximum Gasteiger partial charge on any atom is 0.311 e. The molecule has 1 amide bonds. The summed E-state index contributed by atoms with van der Waals surface area (Å²) in [5.74, 6) is -1.38. The van der Waals surface area contributed by atoms with Gasteiger partial charge in [-0.25, -0.2) is 4.98 Å². The number of aromatic nitrogens is 1. The minimum atomic E-state index is -0.530. The van der Waals surface area contributed by atoms with Gasteiger partial charge < -0.3 is 9.47 Å². The summed E-state index contributed by atoms with van der Waals surface area (Å²) in [7, 11) is 0. The Bertz CT molecular complexity index is 471. The fraction of sp³-hybridized carbons (Fsp3) is 0.455. The summed E-state index contributed by atoms with van der Waals surface area (Å²) in [6.07, 6.45) is 0.0597. The van der Waals surface area contributed by atoms with E-state index < -0.39 is 11.9 Å². The maximum atomic E-state index is 11.3. The second kappa shape index (κ2) is 7.47. The zero-order valence-electron chi connectivity index (χ0n) is 10.6. The third-order valence-electron chi connectivity index (χ3n) is 1.84. The van der Waals surface area contributed by atoms with Gasteiger partial charge in [-0.1, -0.05) is 0 Å². The molecule has 0 atom stereocenters. The van der Waals surface area contributed by atoms with Crippen molar-refractivity contribution in [3.05, 3.63) is 11.1 Å². The largest absolute Gasteiger partial charge is 0.466 e. The van der Waals surface area contributed by atoms with E-state index in [2.05, 4.69) is 15.0 Å². The number of nitrogens with zero attached hydrogens (tertiary/aromatic N) is 1. The van der Waals surface area contributed by atoms with E-state index in [1.807, 2.05) is 0 Å². The molecular weight excluding hydrogens is 272 g/mol. The summed E-state index contributed by atoms with van der Waals surface area (Å²) < 4.78 is 9.31. The molecule has 0 bridgehead atoms. The molecule has 8 heteroatoms. The lowest BCUT2D eigenvalue weighted by Gasteiger charge is -2.01. The van der Waals surface area contributed by atoms with Gasteiger partial charge in [0.2, 0.25) is 0 Å². The maximum absolute atomic E-state index is 11.3. The quantitative estimate of drug-likeness (QED) is 0.775. The highest BCUT2D eigenvalue weighted by atomic mass is 32.1. The minimum absolute atomic E-state index is 0.0597. The van der Waals surface area contributed by atoms with E-state index >= 15 is 0 Å². The van der Waals surface area contributed by atoms with Gasteiger partial charge in [0, 0.05) is 12.3 Å². The molecular formula is C11H14N2O5S. The summed E-state index contributed by atoms with van der Waals surface area (Å²) >= 11 is 1.18.